The summed E-state index contributed by atoms with van der Waals surface area (Å²) in [6, 6.07) is 3.95. The van der Waals surface area contributed by atoms with E-state index in [1.54, 1.807) is 0 Å². The summed E-state index contributed by atoms with van der Waals surface area (Å²) in [6.07, 6.45) is 4.96. The van der Waals surface area contributed by atoms with Gasteiger partial charge in [0.25, 0.3) is 0 Å². The molecule has 1 atom stereocenters. The Hall–Kier alpha value is -1.02. The van der Waals surface area contributed by atoms with Crippen LogP contribution in [0.3, 0.4) is 0 Å². The van der Waals surface area contributed by atoms with Gasteiger partial charge in [0.2, 0.25) is 0 Å². The van der Waals surface area contributed by atoms with Crippen LogP contribution in [0.4, 0.5) is 0 Å². The van der Waals surface area contributed by atoms with Gasteiger partial charge in [-0.15, -0.1) is 0 Å². The molecule has 0 aliphatic heterocycles. The lowest BCUT2D eigenvalue weighted by Crippen LogP contribution is -2.55. The van der Waals surface area contributed by atoms with Crippen molar-refractivity contribution in [2.24, 2.45) is 5.41 Å². The zero-order chi connectivity index (χ0) is 13.6. The fourth-order valence-corrected chi connectivity index (χ4v) is 3.62. The minimum atomic E-state index is -0.165. The number of rotatable bonds is 2. The van der Waals surface area contributed by atoms with Crippen molar-refractivity contribution in [1.29, 1.82) is 0 Å². The van der Waals surface area contributed by atoms with E-state index in [9.17, 15) is 4.79 Å². The lowest BCUT2D eigenvalue weighted by Gasteiger charge is -2.44. The average molecular weight is 279 g/mol. The number of hydrogen-bond donors (Lipinski definition) is 0. The van der Waals surface area contributed by atoms with Crippen LogP contribution in [0, 0.1) is 19.3 Å². The second-order valence-electron chi connectivity index (χ2n) is 5.97. The topological polar surface area (TPSA) is 26.3 Å². The molecule has 1 aromatic rings. The second-order valence-corrected chi connectivity index (χ2v) is 6.35. The fourth-order valence-electron chi connectivity index (χ4n) is 3.52. The van der Waals surface area contributed by atoms with E-state index in [0.717, 1.165) is 47.6 Å². The van der Waals surface area contributed by atoms with Crippen LogP contribution in [0.5, 0.6) is 5.75 Å². The first kappa shape index (κ1) is 13.0. The van der Waals surface area contributed by atoms with Gasteiger partial charge < -0.3 is 4.74 Å². The van der Waals surface area contributed by atoms with Gasteiger partial charge in [-0.05, 0) is 49.9 Å². The summed E-state index contributed by atoms with van der Waals surface area (Å²) < 4.78 is 6.10. The normalized spacial score (nSPS) is 24.6. The minimum absolute atomic E-state index is 0.0717. The van der Waals surface area contributed by atoms with Crippen LogP contribution in [0.25, 0.3) is 0 Å². The molecule has 0 amide bonds. The first-order valence-electron chi connectivity index (χ1n) is 7.00. The third-order valence-electron chi connectivity index (χ3n) is 4.73. The summed E-state index contributed by atoms with van der Waals surface area (Å²) >= 11 is 6.17. The first-order chi connectivity index (χ1) is 9.03. The summed E-state index contributed by atoms with van der Waals surface area (Å²) in [5.41, 5.74) is 1.90. The number of halogens is 1. The summed E-state index contributed by atoms with van der Waals surface area (Å²) in [4.78, 5) is 11.9. The molecule has 2 nitrogen and oxygen atoms in total. The molecule has 2 fully saturated rings. The largest absolute Gasteiger partial charge is 0.489 e. The van der Waals surface area contributed by atoms with Crippen molar-refractivity contribution in [3.05, 3.63) is 28.3 Å². The molecule has 19 heavy (non-hydrogen) atoms. The minimum Gasteiger partial charge on any atom is -0.489 e. The zero-order valence-corrected chi connectivity index (χ0v) is 12.2. The Morgan fingerprint density at radius 3 is 2.32 bits per heavy atom. The van der Waals surface area contributed by atoms with E-state index in [0.29, 0.717) is 12.2 Å². The molecule has 0 saturated heterocycles. The Morgan fingerprint density at radius 2 is 1.79 bits per heavy atom. The molecule has 2 saturated carbocycles. The molecule has 0 bridgehead atoms. The number of benzene rings is 1. The predicted molar refractivity (Wildman–Crippen MR) is 75.9 cm³/mol. The molecular formula is C16H19ClO2. The molecule has 1 aromatic carbocycles. The van der Waals surface area contributed by atoms with E-state index in [-0.39, 0.29) is 11.5 Å². The molecule has 0 radical (unpaired) electrons. The van der Waals surface area contributed by atoms with Crippen molar-refractivity contribution >= 4 is 17.4 Å². The van der Waals surface area contributed by atoms with Crippen LogP contribution >= 0.6 is 11.6 Å². The van der Waals surface area contributed by atoms with Gasteiger partial charge >= 0.3 is 0 Å². The molecule has 102 valence electrons. The van der Waals surface area contributed by atoms with Gasteiger partial charge in [-0.3, -0.25) is 4.79 Å². The number of Topliss-reactive ketones (excluding diaryl/α,β-unsaturated/α-hetero) is 1. The molecule has 1 unspecified atom stereocenters. The molecular weight excluding hydrogens is 260 g/mol. The lowest BCUT2D eigenvalue weighted by atomic mass is 9.63. The third-order valence-corrected chi connectivity index (χ3v) is 5.32. The Labute approximate surface area is 119 Å². The van der Waals surface area contributed by atoms with Crippen LogP contribution < -0.4 is 4.74 Å². The molecule has 0 N–H and O–H groups in total. The van der Waals surface area contributed by atoms with Crippen LogP contribution in [0.2, 0.25) is 5.02 Å². The monoisotopic (exact) mass is 278 g/mol. The molecule has 3 heteroatoms. The zero-order valence-electron chi connectivity index (χ0n) is 11.5. The Morgan fingerprint density at radius 1 is 1.21 bits per heavy atom. The number of carbonyl (C=O) groups is 1. The predicted octanol–water partition coefficient (Wildman–Crippen LogP) is 4.24. The first-order valence-corrected chi connectivity index (χ1v) is 7.37. The standard InChI is InChI=1S/C16H19ClO2/c1-10-7-12(8-11(2)15(10)17)19-14-9-13(18)16(14)5-3-4-6-16/h7-8,14H,3-6,9H2,1-2H3. The Bertz CT molecular complexity index is 507. The summed E-state index contributed by atoms with van der Waals surface area (Å²) in [7, 11) is 0. The lowest BCUT2D eigenvalue weighted by molar-refractivity contribution is -0.151. The molecule has 1 spiro atoms. The van der Waals surface area contributed by atoms with Crippen LogP contribution in [0.1, 0.15) is 43.2 Å². The van der Waals surface area contributed by atoms with E-state index in [2.05, 4.69) is 0 Å². The SMILES string of the molecule is Cc1cc(OC2CC(=O)C23CCCC3)cc(C)c1Cl. The Balaban J connectivity index is 1.81. The Kier molecular flexibility index (Phi) is 3.09. The van der Waals surface area contributed by atoms with Crippen molar-refractivity contribution in [3.63, 3.8) is 0 Å². The van der Waals surface area contributed by atoms with E-state index < -0.39 is 0 Å². The van der Waals surface area contributed by atoms with Crippen molar-refractivity contribution < 1.29 is 9.53 Å². The van der Waals surface area contributed by atoms with Gasteiger partial charge in [0.1, 0.15) is 17.6 Å². The van der Waals surface area contributed by atoms with Crippen LogP contribution in [0.15, 0.2) is 12.1 Å². The van der Waals surface area contributed by atoms with Gasteiger partial charge in [-0.1, -0.05) is 24.4 Å². The number of ether oxygens (including phenoxy) is 1. The van der Waals surface area contributed by atoms with Crippen molar-refractivity contribution in [2.45, 2.75) is 52.1 Å². The summed E-state index contributed by atoms with van der Waals surface area (Å²) in [5, 5.41) is 0.799. The van der Waals surface area contributed by atoms with Gasteiger partial charge in [0, 0.05) is 11.4 Å². The van der Waals surface area contributed by atoms with Crippen LogP contribution in [-0.2, 0) is 4.79 Å². The van der Waals surface area contributed by atoms with E-state index in [4.69, 9.17) is 16.3 Å². The molecule has 0 aromatic heterocycles. The smallest absolute Gasteiger partial charge is 0.146 e. The maximum Gasteiger partial charge on any atom is 0.146 e. The summed E-state index contributed by atoms with van der Waals surface area (Å²) in [6.45, 7) is 3.97. The highest BCUT2D eigenvalue weighted by Gasteiger charge is 2.57. The second kappa shape index (κ2) is 4.52. The van der Waals surface area contributed by atoms with Gasteiger partial charge in [-0.2, -0.15) is 0 Å². The third kappa shape index (κ3) is 1.97. The van der Waals surface area contributed by atoms with E-state index >= 15 is 0 Å². The van der Waals surface area contributed by atoms with Gasteiger partial charge in [-0.25, -0.2) is 0 Å². The highest BCUT2D eigenvalue weighted by atomic mass is 35.5. The van der Waals surface area contributed by atoms with E-state index in [1.165, 1.54) is 0 Å². The number of ketones is 1. The van der Waals surface area contributed by atoms with Crippen LogP contribution in [-0.4, -0.2) is 11.9 Å². The van der Waals surface area contributed by atoms with Crippen molar-refractivity contribution in [3.8, 4) is 5.75 Å². The van der Waals surface area contributed by atoms with E-state index in [1.807, 2.05) is 26.0 Å². The molecule has 0 heterocycles. The average Bonchev–Trinajstić information content (AvgIpc) is 2.88. The van der Waals surface area contributed by atoms with Crippen molar-refractivity contribution in [2.75, 3.05) is 0 Å². The van der Waals surface area contributed by atoms with Crippen molar-refractivity contribution in [1.82, 2.24) is 0 Å². The number of carbonyl (C=O) groups excluding carboxylic acids is 1. The van der Waals surface area contributed by atoms with Gasteiger partial charge in [0.15, 0.2) is 0 Å². The number of aryl methyl sites for hydroxylation is 2. The maximum absolute atomic E-state index is 11.9. The maximum atomic E-state index is 11.9. The quantitative estimate of drug-likeness (QED) is 0.809. The van der Waals surface area contributed by atoms with Gasteiger partial charge in [0.05, 0.1) is 5.41 Å². The molecule has 2 aliphatic rings. The highest BCUT2D eigenvalue weighted by molar-refractivity contribution is 6.32. The highest BCUT2D eigenvalue weighted by Crippen LogP contribution is 2.52. The molecule has 3 rings (SSSR count). The fraction of sp³-hybridized carbons (Fsp3) is 0.562. The summed E-state index contributed by atoms with van der Waals surface area (Å²) in [5.74, 6) is 1.25. The number of hydrogen-bond acceptors (Lipinski definition) is 2. The molecule has 2 aliphatic carbocycles.